The van der Waals surface area contributed by atoms with Crippen molar-refractivity contribution >= 4 is 16.9 Å². The number of fused-ring (bicyclic) bond motifs is 4. The fraction of sp³-hybridized carbons (Fsp3) is 0.538. The van der Waals surface area contributed by atoms with Gasteiger partial charge in [0.05, 0.1) is 18.7 Å². The first-order chi connectivity index (χ1) is 15.3. The first-order valence-electron chi connectivity index (χ1n) is 11.4. The number of rotatable bonds is 7. The lowest BCUT2D eigenvalue weighted by atomic mass is 9.73. The molecule has 32 heavy (non-hydrogen) atoms. The van der Waals surface area contributed by atoms with Crippen molar-refractivity contribution in [2.24, 2.45) is 11.8 Å². The molecule has 4 unspecified atom stereocenters. The standard InChI is InChI=1S/C26H34N2O4/c1-6-17-15-28-12-10-18(17)13-23(28)25(31-16-24(29)32-26(2,3)4)20-9-11-27-22-8-7-19(30-5)14-21(20)22/h6-9,11,14,17-18,23,25H,1,10,12-13,15-16H2,2-5H3/t17?,18?,23?,25-/m1/s1. The second-order valence-electron chi connectivity index (χ2n) is 9.85. The van der Waals surface area contributed by atoms with Crippen molar-refractivity contribution in [2.45, 2.75) is 51.4 Å². The predicted octanol–water partition coefficient (Wildman–Crippen LogP) is 4.54. The summed E-state index contributed by atoms with van der Waals surface area (Å²) >= 11 is 0. The predicted molar refractivity (Wildman–Crippen MR) is 125 cm³/mol. The van der Waals surface area contributed by atoms with Crippen LogP contribution >= 0.6 is 0 Å². The van der Waals surface area contributed by atoms with E-state index in [0.717, 1.165) is 41.7 Å². The Morgan fingerprint density at radius 1 is 1.34 bits per heavy atom. The molecule has 3 fully saturated rings. The van der Waals surface area contributed by atoms with Gasteiger partial charge in [0.2, 0.25) is 0 Å². The molecule has 6 nitrogen and oxygen atoms in total. The van der Waals surface area contributed by atoms with E-state index in [-0.39, 0.29) is 24.7 Å². The van der Waals surface area contributed by atoms with Gasteiger partial charge in [-0.1, -0.05) is 6.08 Å². The number of hydrogen-bond acceptors (Lipinski definition) is 6. The smallest absolute Gasteiger partial charge is 0.332 e. The van der Waals surface area contributed by atoms with E-state index in [9.17, 15) is 4.79 Å². The summed E-state index contributed by atoms with van der Waals surface area (Å²) in [6, 6.07) is 8.07. The molecular weight excluding hydrogens is 404 g/mol. The molecule has 1 aromatic heterocycles. The lowest BCUT2D eigenvalue weighted by Gasteiger charge is -2.51. The molecule has 0 spiro atoms. The van der Waals surface area contributed by atoms with Gasteiger partial charge >= 0.3 is 5.97 Å². The van der Waals surface area contributed by atoms with Crippen LogP contribution in [-0.4, -0.2) is 54.3 Å². The molecule has 3 aliphatic heterocycles. The average molecular weight is 439 g/mol. The summed E-state index contributed by atoms with van der Waals surface area (Å²) in [7, 11) is 1.66. The highest BCUT2D eigenvalue weighted by Gasteiger charge is 2.43. The molecular formula is C26H34N2O4. The molecule has 0 radical (unpaired) electrons. The van der Waals surface area contributed by atoms with E-state index < -0.39 is 5.60 Å². The van der Waals surface area contributed by atoms with Crippen molar-refractivity contribution in [3.63, 3.8) is 0 Å². The third kappa shape index (κ3) is 4.81. The lowest BCUT2D eigenvalue weighted by molar-refractivity contribution is -0.165. The largest absolute Gasteiger partial charge is 0.497 e. The summed E-state index contributed by atoms with van der Waals surface area (Å²) in [6.45, 7) is 11.6. The van der Waals surface area contributed by atoms with Crippen molar-refractivity contribution < 1.29 is 19.0 Å². The van der Waals surface area contributed by atoms with Crippen molar-refractivity contribution in [2.75, 3.05) is 26.8 Å². The van der Waals surface area contributed by atoms with Crippen LogP contribution in [0.25, 0.3) is 10.9 Å². The number of nitrogens with zero attached hydrogens (tertiary/aromatic N) is 2. The molecule has 0 saturated carbocycles. The van der Waals surface area contributed by atoms with E-state index in [0.29, 0.717) is 11.8 Å². The molecule has 3 saturated heterocycles. The highest BCUT2D eigenvalue weighted by molar-refractivity contribution is 5.84. The highest BCUT2D eigenvalue weighted by Crippen LogP contribution is 2.43. The van der Waals surface area contributed by atoms with Crippen LogP contribution in [0.3, 0.4) is 0 Å². The van der Waals surface area contributed by atoms with Gasteiger partial charge in [0.25, 0.3) is 0 Å². The van der Waals surface area contributed by atoms with E-state index in [1.807, 2.05) is 51.2 Å². The van der Waals surface area contributed by atoms with Gasteiger partial charge < -0.3 is 14.2 Å². The maximum absolute atomic E-state index is 12.5. The summed E-state index contributed by atoms with van der Waals surface area (Å²) in [4.78, 5) is 19.5. The minimum atomic E-state index is -0.544. The topological polar surface area (TPSA) is 60.9 Å². The Morgan fingerprint density at radius 2 is 2.16 bits per heavy atom. The van der Waals surface area contributed by atoms with Crippen molar-refractivity contribution in [1.82, 2.24) is 9.88 Å². The number of methoxy groups -OCH3 is 1. The molecule has 3 aliphatic rings. The van der Waals surface area contributed by atoms with Crippen LogP contribution in [0.15, 0.2) is 43.1 Å². The molecule has 0 amide bonds. The van der Waals surface area contributed by atoms with E-state index in [1.54, 1.807) is 7.11 Å². The van der Waals surface area contributed by atoms with Crippen LogP contribution in [-0.2, 0) is 14.3 Å². The number of esters is 1. The molecule has 0 aliphatic carbocycles. The number of aromatic nitrogens is 1. The van der Waals surface area contributed by atoms with Crippen LogP contribution in [0.4, 0.5) is 0 Å². The molecule has 2 bridgehead atoms. The minimum Gasteiger partial charge on any atom is -0.497 e. The van der Waals surface area contributed by atoms with Crippen LogP contribution in [0, 0.1) is 11.8 Å². The zero-order valence-electron chi connectivity index (χ0n) is 19.5. The number of hydrogen-bond donors (Lipinski definition) is 0. The molecule has 2 aromatic rings. The number of carbonyl (C=O) groups excluding carboxylic acids is 1. The Balaban J connectivity index is 1.68. The van der Waals surface area contributed by atoms with Gasteiger partial charge in [0, 0.05) is 24.2 Å². The summed E-state index contributed by atoms with van der Waals surface area (Å²) < 4.78 is 17.3. The molecule has 1 aromatic carbocycles. The molecule has 6 heteroatoms. The summed E-state index contributed by atoms with van der Waals surface area (Å²) in [5.41, 5.74) is 1.37. The molecule has 5 rings (SSSR count). The van der Waals surface area contributed by atoms with E-state index in [4.69, 9.17) is 14.2 Å². The van der Waals surface area contributed by atoms with Crippen LogP contribution in [0.2, 0.25) is 0 Å². The van der Waals surface area contributed by atoms with Gasteiger partial charge in [0.1, 0.15) is 18.0 Å². The van der Waals surface area contributed by atoms with Crippen LogP contribution < -0.4 is 4.74 Å². The quantitative estimate of drug-likeness (QED) is 0.467. The Kier molecular flexibility index (Phi) is 6.54. The van der Waals surface area contributed by atoms with Crippen molar-refractivity contribution in [1.29, 1.82) is 0 Å². The molecule has 172 valence electrons. The van der Waals surface area contributed by atoms with E-state index in [1.165, 1.54) is 6.42 Å². The fourth-order valence-corrected chi connectivity index (χ4v) is 5.15. The average Bonchev–Trinajstić information content (AvgIpc) is 2.78. The maximum atomic E-state index is 12.5. The first-order valence-corrected chi connectivity index (χ1v) is 11.4. The van der Waals surface area contributed by atoms with Gasteiger partial charge in [-0.25, -0.2) is 4.79 Å². The molecule has 5 atom stereocenters. The third-order valence-electron chi connectivity index (χ3n) is 6.59. The normalized spacial score (nSPS) is 26.0. The molecule has 0 N–H and O–H groups in total. The van der Waals surface area contributed by atoms with Crippen molar-refractivity contribution in [3.05, 3.63) is 48.7 Å². The summed E-state index contributed by atoms with van der Waals surface area (Å²) in [5.74, 6) is 1.53. The van der Waals surface area contributed by atoms with Gasteiger partial charge in [0.15, 0.2) is 0 Å². The number of ether oxygens (including phenoxy) is 3. The number of piperidine rings is 3. The Labute approximate surface area is 190 Å². The maximum Gasteiger partial charge on any atom is 0.332 e. The Bertz CT molecular complexity index is 983. The van der Waals surface area contributed by atoms with Gasteiger partial charge in [-0.15, -0.1) is 6.58 Å². The van der Waals surface area contributed by atoms with E-state index in [2.05, 4.69) is 22.5 Å². The second-order valence-corrected chi connectivity index (χ2v) is 9.85. The third-order valence-corrected chi connectivity index (χ3v) is 6.59. The van der Waals surface area contributed by atoms with Crippen molar-refractivity contribution in [3.8, 4) is 5.75 Å². The molecule has 4 heterocycles. The SMILES string of the molecule is C=CC1CN2CCC1CC2[C@H](OCC(=O)OC(C)(C)C)c1ccnc2ccc(OC)cc12. The van der Waals surface area contributed by atoms with Crippen LogP contribution in [0.1, 0.15) is 45.3 Å². The zero-order chi connectivity index (χ0) is 22.9. The zero-order valence-corrected chi connectivity index (χ0v) is 19.5. The van der Waals surface area contributed by atoms with Crippen LogP contribution in [0.5, 0.6) is 5.75 Å². The summed E-state index contributed by atoms with van der Waals surface area (Å²) in [5, 5.41) is 0.990. The minimum absolute atomic E-state index is 0.0877. The van der Waals surface area contributed by atoms with Gasteiger partial charge in [-0.05, 0) is 81.8 Å². The van der Waals surface area contributed by atoms with Gasteiger partial charge in [-0.2, -0.15) is 0 Å². The number of carbonyl (C=O) groups is 1. The monoisotopic (exact) mass is 438 g/mol. The summed E-state index contributed by atoms with van der Waals surface area (Å²) in [6.07, 6.45) is 5.84. The van der Waals surface area contributed by atoms with E-state index >= 15 is 0 Å². The second kappa shape index (κ2) is 9.20. The lowest BCUT2D eigenvalue weighted by Crippen LogP contribution is -2.55. The number of benzene rings is 1. The highest BCUT2D eigenvalue weighted by atomic mass is 16.6. The van der Waals surface area contributed by atoms with Gasteiger partial charge in [-0.3, -0.25) is 9.88 Å². The first kappa shape index (κ1) is 22.7. The Hall–Kier alpha value is -2.44. The Morgan fingerprint density at radius 3 is 2.81 bits per heavy atom. The number of pyridine rings is 1. The fourth-order valence-electron chi connectivity index (χ4n) is 5.15.